The van der Waals surface area contributed by atoms with Crippen LogP contribution in [0.5, 0.6) is 11.5 Å². The first-order chi connectivity index (χ1) is 16.4. The Morgan fingerprint density at radius 3 is 2.47 bits per heavy atom. The van der Waals surface area contributed by atoms with Gasteiger partial charge >= 0.3 is 0 Å². The minimum absolute atomic E-state index is 0.0891. The number of carbonyl (C=O) groups excluding carboxylic acids is 1. The highest BCUT2D eigenvalue weighted by Crippen LogP contribution is 2.33. The second kappa shape index (κ2) is 9.84. The smallest absolute Gasteiger partial charge is 0.284 e. The van der Waals surface area contributed by atoms with E-state index in [-0.39, 0.29) is 11.1 Å². The summed E-state index contributed by atoms with van der Waals surface area (Å²) in [6.45, 7) is 4.38. The van der Waals surface area contributed by atoms with Gasteiger partial charge in [0.15, 0.2) is 5.75 Å². The van der Waals surface area contributed by atoms with Crippen molar-refractivity contribution in [2.45, 2.75) is 13.8 Å². The Kier molecular flexibility index (Phi) is 6.70. The lowest BCUT2D eigenvalue weighted by Crippen LogP contribution is -2.25. The molecular formula is C25H24ClN5O3. The topological polar surface area (TPSA) is 90.2 Å². The number of aromatic nitrogens is 3. The van der Waals surface area contributed by atoms with Crippen LogP contribution in [0.15, 0.2) is 71.7 Å². The molecule has 0 fully saturated rings. The number of benzene rings is 2. The van der Waals surface area contributed by atoms with Gasteiger partial charge in [-0.15, -0.1) is 0 Å². The van der Waals surface area contributed by atoms with E-state index in [4.69, 9.17) is 16.3 Å². The Hall–Kier alpha value is -4.04. The van der Waals surface area contributed by atoms with Gasteiger partial charge in [-0.3, -0.25) is 14.3 Å². The van der Waals surface area contributed by atoms with Crippen molar-refractivity contribution in [2.24, 2.45) is 7.05 Å². The summed E-state index contributed by atoms with van der Waals surface area (Å²) in [6, 6.07) is 17.7. The van der Waals surface area contributed by atoms with Crippen LogP contribution in [-0.2, 0) is 7.05 Å². The van der Waals surface area contributed by atoms with Crippen LogP contribution >= 0.6 is 11.6 Å². The van der Waals surface area contributed by atoms with Crippen LogP contribution < -0.4 is 20.9 Å². The van der Waals surface area contributed by atoms with Gasteiger partial charge in [0.1, 0.15) is 22.2 Å². The molecule has 1 amide bonds. The molecule has 2 N–H and O–H groups in total. The van der Waals surface area contributed by atoms with Crippen molar-refractivity contribution in [3.63, 3.8) is 0 Å². The highest BCUT2D eigenvalue weighted by molar-refractivity contribution is 6.34. The van der Waals surface area contributed by atoms with Gasteiger partial charge in [-0.1, -0.05) is 29.8 Å². The van der Waals surface area contributed by atoms with E-state index < -0.39 is 5.91 Å². The Labute approximate surface area is 201 Å². The number of anilines is 2. The van der Waals surface area contributed by atoms with Gasteiger partial charge in [0, 0.05) is 31.5 Å². The molecule has 0 spiro atoms. The van der Waals surface area contributed by atoms with Crippen molar-refractivity contribution in [2.75, 3.05) is 17.2 Å². The summed E-state index contributed by atoms with van der Waals surface area (Å²) in [5, 5.41) is 6.25. The lowest BCUT2D eigenvalue weighted by atomic mass is 10.2. The first-order valence-electron chi connectivity index (χ1n) is 10.7. The zero-order valence-electron chi connectivity index (χ0n) is 19.0. The number of rotatable bonds is 7. The molecule has 0 aliphatic carbocycles. The van der Waals surface area contributed by atoms with Crippen molar-refractivity contribution in [1.29, 1.82) is 0 Å². The summed E-state index contributed by atoms with van der Waals surface area (Å²) >= 11 is 6.35. The number of pyridine rings is 1. The molecule has 2 aromatic carbocycles. The standard InChI is InChI=1S/C25H24ClN5O3/c1-4-27-23-22(26)20(14-15-28-23)34-19-12-10-17(11-13-19)29-24(32)21-16(2)30(3)31(25(21)33)18-8-6-5-7-9-18/h5-15H,4H2,1-3H3,(H,27,28)(H,29,32). The van der Waals surface area contributed by atoms with Crippen LogP contribution in [0, 0.1) is 6.92 Å². The maximum Gasteiger partial charge on any atom is 0.284 e. The Balaban J connectivity index is 1.52. The lowest BCUT2D eigenvalue weighted by molar-refractivity contribution is 0.102. The average molecular weight is 478 g/mol. The number of ether oxygens (including phenoxy) is 1. The molecule has 4 aromatic rings. The molecule has 0 bridgehead atoms. The van der Waals surface area contributed by atoms with Gasteiger partial charge in [0.2, 0.25) is 0 Å². The molecule has 0 aliphatic heterocycles. The number of halogens is 1. The maximum absolute atomic E-state index is 13.0. The lowest BCUT2D eigenvalue weighted by Gasteiger charge is -2.11. The van der Waals surface area contributed by atoms with E-state index in [1.54, 1.807) is 55.2 Å². The molecule has 8 nitrogen and oxygen atoms in total. The first kappa shape index (κ1) is 23.1. The van der Waals surface area contributed by atoms with Gasteiger partial charge < -0.3 is 15.4 Å². The molecular weight excluding hydrogens is 454 g/mol. The van der Waals surface area contributed by atoms with Crippen LogP contribution in [0.2, 0.25) is 5.02 Å². The molecule has 0 saturated carbocycles. The summed E-state index contributed by atoms with van der Waals surface area (Å²) < 4.78 is 9.01. The highest BCUT2D eigenvalue weighted by Gasteiger charge is 2.22. The molecule has 0 unspecified atom stereocenters. The fourth-order valence-electron chi connectivity index (χ4n) is 3.55. The molecule has 0 atom stereocenters. The molecule has 0 aliphatic rings. The Morgan fingerprint density at radius 2 is 1.79 bits per heavy atom. The summed E-state index contributed by atoms with van der Waals surface area (Å²) in [6.07, 6.45) is 1.61. The molecule has 174 valence electrons. The molecule has 0 saturated heterocycles. The highest BCUT2D eigenvalue weighted by atomic mass is 35.5. The van der Waals surface area contributed by atoms with Crippen LogP contribution in [0.1, 0.15) is 23.0 Å². The number of nitrogens with one attached hydrogen (secondary N) is 2. The first-order valence-corrected chi connectivity index (χ1v) is 11.1. The zero-order valence-corrected chi connectivity index (χ0v) is 19.8. The number of hydrogen-bond acceptors (Lipinski definition) is 5. The fraction of sp³-hybridized carbons (Fsp3) is 0.160. The zero-order chi connectivity index (χ0) is 24.2. The second-order valence-corrected chi connectivity index (χ2v) is 7.90. The van der Waals surface area contributed by atoms with Crippen LogP contribution in [0.25, 0.3) is 5.69 Å². The largest absolute Gasteiger partial charge is 0.456 e. The normalized spacial score (nSPS) is 10.7. The number of hydrogen-bond donors (Lipinski definition) is 2. The van der Waals surface area contributed by atoms with E-state index in [1.807, 2.05) is 37.3 Å². The number of para-hydroxylation sites is 1. The number of amides is 1. The van der Waals surface area contributed by atoms with Crippen molar-refractivity contribution in [3.05, 3.63) is 93.5 Å². The minimum atomic E-state index is -0.478. The molecule has 9 heteroatoms. The number of carbonyl (C=O) groups is 1. The van der Waals surface area contributed by atoms with Crippen LogP contribution in [-0.4, -0.2) is 26.8 Å². The van der Waals surface area contributed by atoms with E-state index >= 15 is 0 Å². The summed E-state index contributed by atoms with van der Waals surface area (Å²) in [5.41, 5.74) is 1.49. The van der Waals surface area contributed by atoms with Gasteiger partial charge in [-0.2, -0.15) is 0 Å². The third-order valence-corrected chi connectivity index (χ3v) is 5.68. The van der Waals surface area contributed by atoms with E-state index in [0.29, 0.717) is 46.0 Å². The SMILES string of the molecule is CCNc1nccc(Oc2ccc(NC(=O)c3c(C)n(C)n(-c4ccccc4)c3=O)cc2)c1Cl. The third kappa shape index (κ3) is 4.53. The minimum Gasteiger partial charge on any atom is -0.456 e. The molecule has 2 heterocycles. The van der Waals surface area contributed by atoms with Crippen molar-refractivity contribution in [1.82, 2.24) is 14.3 Å². The summed E-state index contributed by atoms with van der Waals surface area (Å²) in [4.78, 5) is 30.2. The predicted molar refractivity (Wildman–Crippen MR) is 134 cm³/mol. The van der Waals surface area contributed by atoms with Gasteiger partial charge in [0.25, 0.3) is 11.5 Å². The van der Waals surface area contributed by atoms with E-state index in [9.17, 15) is 9.59 Å². The molecule has 0 radical (unpaired) electrons. The van der Waals surface area contributed by atoms with E-state index in [2.05, 4.69) is 15.6 Å². The van der Waals surface area contributed by atoms with Gasteiger partial charge in [0.05, 0.1) is 11.4 Å². The molecule has 34 heavy (non-hydrogen) atoms. The summed E-state index contributed by atoms with van der Waals surface area (Å²) in [7, 11) is 1.75. The maximum atomic E-state index is 13.0. The van der Waals surface area contributed by atoms with Crippen LogP contribution in [0.3, 0.4) is 0 Å². The average Bonchev–Trinajstić information content (AvgIpc) is 3.06. The van der Waals surface area contributed by atoms with Crippen LogP contribution in [0.4, 0.5) is 11.5 Å². The molecule has 4 rings (SSSR count). The second-order valence-electron chi connectivity index (χ2n) is 7.52. The van der Waals surface area contributed by atoms with Gasteiger partial charge in [-0.05, 0) is 50.2 Å². The predicted octanol–water partition coefficient (Wildman–Crippen LogP) is 5.01. The van der Waals surface area contributed by atoms with Crippen molar-refractivity contribution >= 4 is 29.0 Å². The number of nitrogens with zero attached hydrogens (tertiary/aromatic N) is 3. The summed E-state index contributed by atoms with van der Waals surface area (Å²) in [5.74, 6) is 1.07. The quantitative estimate of drug-likeness (QED) is 0.390. The fourth-order valence-corrected chi connectivity index (χ4v) is 3.77. The van der Waals surface area contributed by atoms with Crippen molar-refractivity contribution < 1.29 is 9.53 Å². The third-order valence-electron chi connectivity index (χ3n) is 5.32. The Bertz CT molecular complexity index is 1380. The molecule has 2 aromatic heterocycles. The van der Waals surface area contributed by atoms with E-state index in [1.165, 1.54) is 4.68 Å². The van der Waals surface area contributed by atoms with E-state index in [0.717, 1.165) is 0 Å². The van der Waals surface area contributed by atoms with Crippen molar-refractivity contribution in [3.8, 4) is 17.2 Å². The monoisotopic (exact) mass is 477 g/mol. The van der Waals surface area contributed by atoms with Gasteiger partial charge in [-0.25, -0.2) is 9.67 Å². The Morgan fingerprint density at radius 1 is 1.09 bits per heavy atom.